The lowest BCUT2D eigenvalue weighted by Crippen LogP contribution is -2.37. The molecule has 5 heteroatoms. The highest BCUT2D eigenvalue weighted by Crippen LogP contribution is 2.35. The van der Waals surface area contributed by atoms with E-state index < -0.39 is 0 Å². The summed E-state index contributed by atoms with van der Waals surface area (Å²) in [4.78, 5) is 27.6. The van der Waals surface area contributed by atoms with Crippen LogP contribution in [0, 0.1) is 19.8 Å². The predicted octanol–water partition coefficient (Wildman–Crippen LogP) is 3.86. The first-order chi connectivity index (χ1) is 14.0. The summed E-state index contributed by atoms with van der Waals surface area (Å²) in [6.45, 7) is 7.17. The van der Waals surface area contributed by atoms with Gasteiger partial charge in [0.05, 0.1) is 18.6 Å². The molecule has 0 aromatic heterocycles. The molecule has 0 spiro atoms. The van der Waals surface area contributed by atoms with Crippen molar-refractivity contribution in [1.82, 2.24) is 5.32 Å². The highest BCUT2D eigenvalue weighted by Gasteiger charge is 2.37. The molecule has 2 aliphatic rings. The van der Waals surface area contributed by atoms with Crippen molar-refractivity contribution < 1.29 is 14.3 Å². The van der Waals surface area contributed by atoms with Crippen LogP contribution in [-0.2, 0) is 16.0 Å². The summed E-state index contributed by atoms with van der Waals surface area (Å²) in [6.07, 6.45) is 1.85. The molecule has 0 bridgehead atoms. The van der Waals surface area contributed by atoms with Crippen molar-refractivity contribution >= 4 is 17.5 Å². The van der Waals surface area contributed by atoms with Gasteiger partial charge in [0.1, 0.15) is 5.75 Å². The van der Waals surface area contributed by atoms with Crippen molar-refractivity contribution in [2.24, 2.45) is 5.92 Å². The molecule has 2 aromatic carbocycles. The van der Waals surface area contributed by atoms with Crippen LogP contribution >= 0.6 is 0 Å². The molecule has 2 unspecified atom stereocenters. The third kappa shape index (κ3) is 3.74. The zero-order valence-electron chi connectivity index (χ0n) is 17.3. The molecular formula is C24H28N2O3. The maximum Gasteiger partial charge on any atom is 0.227 e. The molecule has 1 saturated heterocycles. The van der Waals surface area contributed by atoms with Gasteiger partial charge in [-0.3, -0.25) is 9.59 Å². The highest BCUT2D eigenvalue weighted by molar-refractivity contribution is 6.01. The maximum absolute atomic E-state index is 13.0. The van der Waals surface area contributed by atoms with E-state index >= 15 is 0 Å². The SMILES string of the molecule is CCc1cccc(C)c1N1CC(C(=O)NC2CCOc3ccc(C)cc32)CC1=O. The van der Waals surface area contributed by atoms with Crippen molar-refractivity contribution in [3.05, 3.63) is 58.7 Å². The molecular weight excluding hydrogens is 364 g/mol. The van der Waals surface area contributed by atoms with Gasteiger partial charge < -0.3 is 15.0 Å². The van der Waals surface area contributed by atoms with Crippen LogP contribution in [-0.4, -0.2) is 25.0 Å². The van der Waals surface area contributed by atoms with Crippen LogP contribution in [0.1, 0.15) is 48.1 Å². The van der Waals surface area contributed by atoms with Gasteiger partial charge in [-0.25, -0.2) is 0 Å². The second-order valence-electron chi connectivity index (χ2n) is 8.08. The smallest absolute Gasteiger partial charge is 0.227 e. The largest absolute Gasteiger partial charge is 0.493 e. The molecule has 2 aliphatic heterocycles. The molecule has 2 atom stereocenters. The summed E-state index contributed by atoms with van der Waals surface area (Å²) < 4.78 is 5.73. The predicted molar refractivity (Wildman–Crippen MR) is 113 cm³/mol. The van der Waals surface area contributed by atoms with Crippen LogP contribution in [0.15, 0.2) is 36.4 Å². The summed E-state index contributed by atoms with van der Waals surface area (Å²) in [6, 6.07) is 12.1. The summed E-state index contributed by atoms with van der Waals surface area (Å²) in [7, 11) is 0. The second-order valence-corrected chi connectivity index (χ2v) is 8.08. The number of rotatable bonds is 4. The molecule has 0 saturated carbocycles. The van der Waals surface area contributed by atoms with Crippen LogP contribution in [0.5, 0.6) is 5.75 Å². The van der Waals surface area contributed by atoms with Gasteiger partial charge in [0.2, 0.25) is 11.8 Å². The van der Waals surface area contributed by atoms with Crippen LogP contribution < -0.4 is 15.0 Å². The number of benzene rings is 2. The lowest BCUT2D eigenvalue weighted by atomic mass is 9.97. The molecule has 1 N–H and O–H groups in total. The minimum absolute atomic E-state index is 0.0253. The van der Waals surface area contributed by atoms with Gasteiger partial charge in [-0.2, -0.15) is 0 Å². The summed E-state index contributed by atoms with van der Waals surface area (Å²) >= 11 is 0. The van der Waals surface area contributed by atoms with Crippen molar-refractivity contribution in [1.29, 1.82) is 0 Å². The second kappa shape index (κ2) is 7.90. The van der Waals surface area contributed by atoms with Crippen LogP contribution in [0.25, 0.3) is 0 Å². The Bertz CT molecular complexity index is 953. The number of ether oxygens (including phenoxy) is 1. The molecule has 0 aliphatic carbocycles. The topological polar surface area (TPSA) is 58.6 Å². The van der Waals surface area contributed by atoms with E-state index in [2.05, 4.69) is 24.4 Å². The van der Waals surface area contributed by atoms with Crippen LogP contribution in [0.3, 0.4) is 0 Å². The van der Waals surface area contributed by atoms with Gasteiger partial charge in [-0.05, 0) is 37.5 Å². The zero-order chi connectivity index (χ0) is 20.5. The van der Waals surface area contributed by atoms with E-state index in [0.29, 0.717) is 13.2 Å². The van der Waals surface area contributed by atoms with Crippen molar-refractivity contribution in [3.8, 4) is 5.75 Å². The van der Waals surface area contributed by atoms with Crippen LogP contribution in [0.4, 0.5) is 5.69 Å². The van der Waals surface area contributed by atoms with Gasteiger partial charge in [-0.15, -0.1) is 0 Å². The molecule has 5 nitrogen and oxygen atoms in total. The first-order valence-electron chi connectivity index (χ1n) is 10.4. The van der Waals surface area contributed by atoms with E-state index in [4.69, 9.17) is 4.74 Å². The molecule has 1 fully saturated rings. The Morgan fingerprint density at radius 3 is 2.86 bits per heavy atom. The molecule has 2 amide bonds. The average Bonchev–Trinajstić information content (AvgIpc) is 3.09. The van der Waals surface area contributed by atoms with E-state index in [9.17, 15) is 9.59 Å². The van der Waals surface area contributed by atoms with Gasteiger partial charge in [0.25, 0.3) is 0 Å². The molecule has 152 valence electrons. The zero-order valence-corrected chi connectivity index (χ0v) is 17.3. The molecule has 29 heavy (non-hydrogen) atoms. The van der Waals surface area contributed by atoms with E-state index in [1.807, 2.05) is 38.1 Å². The summed E-state index contributed by atoms with van der Waals surface area (Å²) in [5.74, 6) is 0.482. The van der Waals surface area contributed by atoms with Crippen LogP contribution in [0.2, 0.25) is 0 Å². The van der Waals surface area contributed by atoms with Gasteiger partial charge in [0.15, 0.2) is 0 Å². The fourth-order valence-corrected chi connectivity index (χ4v) is 4.44. The van der Waals surface area contributed by atoms with Gasteiger partial charge >= 0.3 is 0 Å². The third-order valence-corrected chi connectivity index (χ3v) is 5.99. The fraction of sp³-hybridized carbons (Fsp3) is 0.417. The van der Waals surface area contributed by atoms with Gasteiger partial charge in [0, 0.05) is 30.6 Å². The standard InChI is InChI=1S/C24H28N2O3/c1-4-17-7-5-6-16(3)23(17)26-14-18(13-22(26)27)24(28)25-20-10-11-29-21-9-8-15(2)12-19(20)21/h5-9,12,18,20H,4,10-11,13-14H2,1-3H3,(H,25,28). The van der Waals surface area contributed by atoms with E-state index in [0.717, 1.165) is 46.5 Å². The number of hydrogen-bond donors (Lipinski definition) is 1. The first-order valence-corrected chi connectivity index (χ1v) is 10.4. The number of fused-ring (bicyclic) bond motifs is 1. The number of nitrogens with zero attached hydrogens (tertiary/aromatic N) is 1. The number of carbonyl (C=O) groups is 2. The monoisotopic (exact) mass is 392 g/mol. The quantitative estimate of drug-likeness (QED) is 0.860. The minimum Gasteiger partial charge on any atom is -0.493 e. The number of hydrogen-bond acceptors (Lipinski definition) is 3. The number of carbonyl (C=O) groups excluding carboxylic acids is 2. The first kappa shape index (κ1) is 19.5. The Morgan fingerprint density at radius 1 is 1.24 bits per heavy atom. The molecule has 2 aromatic rings. The lowest BCUT2D eigenvalue weighted by Gasteiger charge is -2.28. The maximum atomic E-state index is 13.0. The molecule has 0 radical (unpaired) electrons. The Balaban J connectivity index is 1.51. The lowest BCUT2D eigenvalue weighted by molar-refractivity contribution is -0.127. The number of anilines is 1. The van der Waals surface area contributed by atoms with Gasteiger partial charge in [-0.1, -0.05) is 42.8 Å². The van der Waals surface area contributed by atoms with Crippen molar-refractivity contribution in [3.63, 3.8) is 0 Å². The number of para-hydroxylation sites is 1. The van der Waals surface area contributed by atoms with E-state index in [1.165, 1.54) is 0 Å². The van der Waals surface area contributed by atoms with Crippen molar-refractivity contribution in [2.75, 3.05) is 18.1 Å². The normalized spacial score (nSPS) is 20.9. The van der Waals surface area contributed by atoms with Crippen molar-refractivity contribution in [2.45, 2.75) is 46.1 Å². The van der Waals surface area contributed by atoms with E-state index in [1.54, 1.807) is 4.90 Å². The Morgan fingerprint density at radius 2 is 2.07 bits per heavy atom. The number of nitrogens with one attached hydrogen (secondary N) is 1. The Labute approximate surface area is 172 Å². The fourth-order valence-electron chi connectivity index (χ4n) is 4.44. The molecule has 4 rings (SSSR count). The molecule has 2 heterocycles. The van der Waals surface area contributed by atoms with E-state index in [-0.39, 0.29) is 30.2 Å². The number of amides is 2. The summed E-state index contributed by atoms with van der Waals surface area (Å²) in [5, 5.41) is 3.18. The minimum atomic E-state index is -0.331. The highest BCUT2D eigenvalue weighted by atomic mass is 16.5. The third-order valence-electron chi connectivity index (χ3n) is 5.99. The Hall–Kier alpha value is -2.82. The average molecular weight is 392 g/mol. The number of aryl methyl sites for hydroxylation is 3. The Kier molecular flexibility index (Phi) is 5.31. The summed E-state index contributed by atoms with van der Waals surface area (Å²) in [5.41, 5.74) is 5.36.